The average Bonchev–Trinajstić information content (AvgIpc) is 2.34. The molecule has 0 amide bonds. The van der Waals surface area contributed by atoms with Crippen molar-refractivity contribution in [3.63, 3.8) is 0 Å². The number of hydrogen-bond acceptors (Lipinski definition) is 3. The molecule has 0 saturated carbocycles. The standard InChI is InChI=1S/C7H11NS2/c1-5-2-3-7(10-5)6(8)4-9/h2,4,6-7H,3,8H2,1H3. The van der Waals surface area contributed by atoms with Crippen LogP contribution in [0.25, 0.3) is 0 Å². The first-order valence-corrected chi connectivity index (χ1v) is 4.63. The van der Waals surface area contributed by atoms with Crippen LogP contribution in [-0.2, 0) is 0 Å². The number of thioether (sulfide) groups is 1. The third-order valence-corrected chi connectivity index (χ3v) is 3.22. The van der Waals surface area contributed by atoms with Crippen molar-refractivity contribution in [1.29, 1.82) is 0 Å². The summed E-state index contributed by atoms with van der Waals surface area (Å²) in [5.41, 5.74) is 5.73. The van der Waals surface area contributed by atoms with E-state index in [-0.39, 0.29) is 6.04 Å². The van der Waals surface area contributed by atoms with Crippen molar-refractivity contribution in [3.8, 4) is 0 Å². The van der Waals surface area contributed by atoms with Gasteiger partial charge in [-0.3, -0.25) is 0 Å². The van der Waals surface area contributed by atoms with Gasteiger partial charge in [0.25, 0.3) is 0 Å². The smallest absolute Gasteiger partial charge is 0.0455 e. The van der Waals surface area contributed by atoms with E-state index < -0.39 is 0 Å². The van der Waals surface area contributed by atoms with Gasteiger partial charge < -0.3 is 5.73 Å². The van der Waals surface area contributed by atoms with Crippen molar-refractivity contribution >= 4 is 29.3 Å². The van der Waals surface area contributed by atoms with Crippen molar-refractivity contribution in [1.82, 2.24) is 0 Å². The fourth-order valence-corrected chi connectivity index (χ4v) is 2.33. The lowest BCUT2D eigenvalue weighted by atomic mass is 10.2. The molecule has 0 spiro atoms. The Balaban J connectivity index is 2.41. The van der Waals surface area contributed by atoms with E-state index in [4.69, 9.17) is 18.0 Å². The Morgan fingerprint density at radius 1 is 2.00 bits per heavy atom. The summed E-state index contributed by atoms with van der Waals surface area (Å²) in [5, 5.41) is 2.15. The van der Waals surface area contributed by atoms with Gasteiger partial charge in [0.05, 0.1) is 0 Å². The SMILES string of the molecule is CC1=CCC(C(N)C=S)S1. The molecule has 0 aliphatic carbocycles. The van der Waals surface area contributed by atoms with E-state index in [0.29, 0.717) is 5.25 Å². The van der Waals surface area contributed by atoms with Gasteiger partial charge in [0.15, 0.2) is 0 Å². The molecule has 2 unspecified atom stereocenters. The zero-order valence-electron chi connectivity index (χ0n) is 5.91. The Morgan fingerprint density at radius 2 is 2.70 bits per heavy atom. The van der Waals surface area contributed by atoms with E-state index in [1.54, 1.807) is 5.37 Å². The number of allylic oxidation sites excluding steroid dienone is 2. The zero-order valence-corrected chi connectivity index (χ0v) is 7.54. The molecule has 1 nitrogen and oxygen atoms in total. The highest BCUT2D eigenvalue weighted by atomic mass is 32.2. The first kappa shape index (κ1) is 8.24. The van der Waals surface area contributed by atoms with Crippen LogP contribution in [0, 0.1) is 0 Å². The summed E-state index contributed by atoms with van der Waals surface area (Å²) in [7, 11) is 0. The van der Waals surface area contributed by atoms with Crippen molar-refractivity contribution in [3.05, 3.63) is 11.0 Å². The molecule has 10 heavy (non-hydrogen) atoms. The van der Waals surface area contributed by atoms with E-state index in [0.717, 1.165) is 6.42 Å². The summed E-state index contributed by atoms with van der Waals surface area (Å²) in [6, 6.07) is 0.0775. The maximum absolute atomic E-state index is 5.73. The molecule has 0 radical (unpaired) electrons. The topological polar surface area (TPSA) is 26.0 Å². The molecule has 0 aromatic carbocycles. The molecule has 2 atom stereocenters. The van der Waals surface area contributed by atoms with Crippen LogP contribution >= 0.6 is 24.0 Å². The molecule has 56 valence electrons. The second-order valence-corrected chi connectivity index (χ2v) is 4.18. The Kier molecular flexibility index (Phi) is 2.89. The number of hydrogen-bond donors (Lipinski definition) is 1. The van der Waals surface area contributed by atoms with Gasteiger partial charge in [0.2, 0.25) is 0 Å². The summed E-state index contributed by atoms with van der Waals surface area (Å²) in [4.78, 5) is 1.37. The van der Waals surface area contributed by atoms with E-state index >= 15 is 0 Å². The van der Waals surface area contributed by atoms with Gasteiger partial charge in [0, 0.05) is 11.3 Å². The Hall–Kier alpha value is 0.140. The van der Waals surface area contributed by atoms with Crippen LogP contribution in [0.3, 0.4) is 0 Å². The second kappa shape index (κ2) is 3.51. The van der Waals surface area contributed by atoms with E-state index in [1.165, 1.54) is 4.91 Å². The van der Waals surface area contributed by atoms with E-state index in [9.17, 15) is 0 Å². The van der Waals surface area contributed by atoms with E-state index in [2.05, 4.69) is 13.0 Å². The minimum atomic E-state index is 0.0775. The lowest BCUT2D eigenvalue weighted by Gasteiger charge is -2.12. The van der Waals surface area contributed by atoms with Crippen molar-refractivity contribution < 1.29 is 0 Å². The predicted molar refractivity (Wildman–Crippen MR) is 51.4 cm³/mol. The number of thiocarbonyl (C=S) groups is 1. The Bertz CT molecular complexity index is 165. The molecule has 1 rings (SSSR count). The molecule has 3 heteroatoms. The molecule has 1 heterocycles. The minimum Gasteiger partial charge on any atom is -0.323 e. The van der Waals surface area contributed by atoms with Gasteiger partial charge in [-0.1, -0.05) is 18.3 Å². The van der Waals surface area contributed by atoms with Crippen LogP contribution in [0.2, 0.25) is 0 Å². The quantitative estimate of drug-likeness (QED) is 0.644. The van der Waals surface area contributed by atoms with Crippen LogP contribution in [0.4, 0.5) is 0 Å². The van der Waals surface area contributed by atoms with Crippen molar-refractivity contribution in [2.45, 2.75) is 24.6 Å². The summed E-state index contributed by atoms with van der Waals surface area (Å²) < 4.78 is 0. The third-order valence-electron chi connectivity index (χ3n) is 1.56. The van der Waals surface area contributed by atoms with Gasteiger partial charge in [0.1, 0.15) is 0 Å². The van der Waals surface area contributed by atoms with Crippen molar-refractivity contribution in [2.24, 2.45) is 5.73 Å². The molecule has 0 fully saturated rings. The molecule has 1 aliphatic rings. The van der Waals surface area contributed by atoms with Crippen molar-refractivity contribution in [2.75, 3.05) is 0 Å². The summed E-state index contributed by atoms with van der Waals surface area (Å²) in [5.74, 6) is 0. The van der Waals surface area contributed by atoms with Crippen LogP contribution < -0.4 is 5.73 Å². The second-order valence-electron chi connectivity index (χ2n) is 2.42. The fraction of sp³-hybridized carbons (Fsp3) is 0.571. The molecule has 2 N–H and O–H groups in total. The normalized spacial score (nSPS) is 27.8. The molecule has 1 aliphatic heterocycles. The first-order valence-electron chi connectivity index (χ1n) is 3.28. The van der Waals surface area contributed by atoms with Crippen LogP contribution in [0.1, 0.15) is 13.3 Å². The van der Waals surface area contributed by atoms with Gasteiger partial charge in [-0.2, -0.15) is 0 Å². The highest BCUT2D eigenvalue weighted by molar-refractivity contribution is 8.04. The molecule has 0 aromatic rings. The van der Waals surface area contributed by atoms with Gasteiger partial charge in [-0.05, 0) is 23.6 Å². The summed E-state index contributed by atoms with van der Waals surface area (Å²) in [6.07, 6.45) is 3.29. The average molecular weight is 173 g/mol. The molecule has 0 aromatic heterocycles. The van der Waals surface area contributed by atoms with E-state index in [1.807, 2.05) is 11.8 Å². The van der Waals surface area contributed by atoms with Gasteiger partial charge in [-0.25, -0.2) is 0 Å². The zero-order chi connectivity index (χ0) is 7.56. The lowest BCUT2D eigenvalue weighted by Crippen LogP contribution is -2.31. The maximum atomic E-state index is 5.73. The Labute approximate surface area is 71.1 Å². The number of nitrogens with two attached hydrogens (primary N) is 1. The maximum Gasteiger partial charge on any atom is 0.0455 e. The number of rotatable bonds is 2. The molecule has 0 saturated heterocycles. The predicted octanol–water partition coefficient (Wildman–Crippen LogP) is 1.72. The first-order chi connectivity index (χ1) is 4.74. The molecule has 0 bridgehead atoms. The molecular formula is C7H11NS2. The van der Waals surface area contributed by atoms with Gasteiger partial charge >= 0.3 is 0 Å². The summed E-state index contributed by atoms with van der Waals surface area (Å²) in [6.45, 7) is 2.11. The highest BCUT2D eigenvalue weighted by Gasteiger charge is 2.19. The fourth-order valence-electron chi connectivity index (χ4n) is 0.940. The molecular weight excluding hydrogens is 162 g/mol. The monoisotopic (exact) mass is 173 g/mol. The van der Waals surface area contributed by atoms with Crippen LogP contribution in [0.15, 0.2) is 11.0 Å². The summed E-state index contributed by atoms with van der Waals surface area (Å²) >= 11 is 6.60. The van der Waals surface area contributed by atoms with Crippen LogP contribution in [0.5, 0.6) is 0 Å². The lowest BCUT2D eigenvalue weighted by molar-refractivity contribution is 0.813. The third kappa shape index (κ3) is 1.81. The van der Waals surface area contributed by atoms with Gasteiger partial charge in [-0.15, -0.1) is 11.8 Å². The Morgan fingerprint density at radius 3 is 3.10 bits per heavy atom. The van der Waals surface area contributed by atoms with Crippen LogP contribution in [-0.4, -0.2) is 16.7 Å². The largest absolute Gasteiger partial charge is 0.323 e. The minimum absolute atomic E-state index is 0.0775. The highest BCUT2D eigenvalue weighted by Crippen LogP contribution is 2.32.